The van der Waals surface area contributed by atoms with E-state index < -0.39 is 24.8 Å². The van der Waals surface area contributed by atoms with Gasteiger partial charge in [0, 0.05) is 11.6 Å². The van der Waals surface area contributed by atoms with Gasteiger partial charge in [0.1, 0.15) is 5.75 Å². The van der Waals surface area contributed by atoms with Crippen molar-refractivity contribution in [2.45, 2.75) is 12.2 Å². The Bertz CT molecular complexity index is 1120. The Morgan fingerprint density at radius 1 is 0.912 bits per heavy atom. The van der Waals surface area contributed by atoms with Crippen molar-refractivity contribution in [1.29, 1.82) is 0 Å². The van der Waals surface area contributed by atoms with E-state index in [-0.39, 0.29) is 17.2 Å². The average molecular weight is 466 g/mol. The molecule has 0 aliphatic carbocycles. The number of carbonyl (C=O) groups excluding carboxylic acids is 1. The van der Waals surface area contributed by atoms with Crippen LogP contribution in [-0.4, -0.2) is 48.2 Å². The standard InChI is InChI=1S/C26H26O8/c1-31-21-5-3-4-6-22(21)33-24(16-27)26(18-10-13-20(29)23(15-18)32-2)34-25(30)14-9-17-7-11-19(28)12-8-17/h3-15,24,26-29H,16H2,1-2H3/b14-9+/t24-,26+/m0/s1. The van der Waals surface area contributed by atoms with Crippen LogP contribution in [-0.2, 0) is 9.53 Å². The van der Waals surface area contributed by atoms with Crippen LogP contribution in [0.1, 0.15) is 17.2 Å². The number of ether oxygens (including phenoxy) is 4. The number of benzene rings is 3. The highest BCUT2D eigenvalue weighted by Gasteiger charge is 2.30. The number of esters is 1. The molecule has 0 spiro atoms. The number of rotatable bonds is 10. The molecule has 0 bridgehead atoms. The topological polar surface area (TPSA) is 115 Å². The predicted molar refractivity (Wildman–Crippen MR) is 125 cm³/mol. The van der Waals surface area contributed by atoms with Gasteiger partial charge < -0.3 is 34.3 Å². The van der Waals surface area contributed by atoms with E-state index >= 15 is 0 Å². The number of hydrogen-bond acceptors (Lipinski definition) is 8. The molecule has 0 heterocycles. The van der Waals surface area contributed by atoms with E-state index in [0.29, 0.717) is 22.6 Å². The van der Waals surface area contributed by atoms with Crippen molar-refractivity contribution >= 4 is 12.0 Å². The van der Waals surface area contributed by atoms with Crippen LogP contribution in [0.25, 0.3) is 6.08 Å². The first kappa shape index (κ1) is 24.5. The van der Waals surface area contributed by atoms with Gasteiger partial charge in [0.2, 0.25) is 0 Å². The summed E-state index contributed by atoms with van der Waals surface area (Å²) < 4.78 is 22.1. The van der Waals surface area contributed by atoms with Crippen molar-refractivity contribution in [2.24, 2.45) is 0 Å². The fraction of sp³-hybridized carbons (Fsp3) is 0.192. The lowest BCUT2D eigenvalue weighted by molar-refractivity contribution is -0.149. The minimum absolute atomic E-state index is 0.0882. The average Bonchev–Trinajstić information content (AvgIpc) is 2.86. The molecule has 8 heteroatoms. The maximum absolute atomic E-state index is 12.7. The van der Waals surface area contributed by atoms with Crippen molar-refractivity contribution in [1.82, 2.24) is 0 Å². The normalized spacial score (nSPS) is 12.7. The van der Waals surface area contributed by atoms with Gasteiger partial charge >= 0.3 is 5.97 Å². The minimum atomic E-state index is -1.05. The molecule has 34 heavy (non-hydrogen) atoms. The van der Waals surface area contributed by atoms with Crippen molar-refractivity contribution < 1.29 is 39.1 Å². The highest BCUT2D eigenvalue weighted by molar-refractivity contribution is 5.87. The Morgan fingerprint density at radius 2 is 1.59 bits per heavy atom. The van der Waals surface area contributed by atoms with Gasteiger partial charge in [-0.15, -0.1) is 0 Å². The summed E-state index contributed by atoms with van der Waals surface area (Å²) in [6.07, 6.45) is 0.706. The lowest BCUT2D eigenvalue weighted by Gasteiger charge is -2.27. The molecule has 0 radical (unpaired) electrons. The molecule has 8 nitrogen and oxygen atoms in total. The Labute approximate surface area is 197 Å². The van der Waals surface area contributed by atoms with Crippen molar-refractivity contribution in [2.75, 3.05) is 20.8 Å². The van der Waals surface area contributed by atoms with Crippen LogP contribution < -0.4 is 14.2 Å². The van der Waals surface area contributed by atoms with Gasteiger partial charge in [-0.25, -0.2) is 4.79 Å². The Balaban J connectivity index is 1.90. The van der Waals surface area contributed by atoms with Crippen molar-refractivity contribution in [3.63, 3.8) is 0 Å². The minimum Gasteiger partial charge on any atom is -0.508 e. The fourth-order valence-corrected chi connectivity index (χ4v) is 3.22. The van der Waals surface area contributed by atoms with Crippen LogP contribution in [0.15, 0.2) is 72.8 Å². The molecule has 0 saturated carbocycles. The number of aromatic hydroxyl groups is 2. The van der Waals surface area contributed by atoms with Gasteiger partial charge in [0.05, 0.1) is 20.8 Å². The highest BCUT2D eigenvalue weighted by Crippen LogP contribution is 2.35. The number of hydrogen-bond donors (Lipinski definition) is 3. The third kappa shape index (κ3) is 6.20. The molecule has 0 aromatic heterocycles. The summed E-state index contributed by atoms with van der Waals surface area (Å²) in [5, 5.41) is 29.5. The zero-order chi connectivity index (χ0) is 24.5. The third-order valence-corrected chi connectivity index (χ3v) is 4.95. The Kier molecular flexibility index (Phi) is 8.37. The molecular weight excluding hydrogens is 440 g/mol. The summed E-state index contributed by atoms with van der Waals surface area (Å²) >= 11 is 0. The van der Waals surface area contributed by atoms with Crippen LogP contribution in [0.2, 0.25) is 0 Å². The second-order valence-corrected chi connectivity index (χ2v) is 7.20. The van der Waals surface area contributed by atoms with E-state index in [4.69, 9.17) is 18.9 Å². The van der Waals surface area contributed by atoms with E-state index in [1.807, 2.05) is 0 Å². The SMILES string of the molecule is COc1cc([C@@H](OC(=O)/C=C/c2ccc(O)cc2)[C@H](CO)Oc2ccccc2OC)ccc1O. The maximum Gasteiger partial charge on any atom is 0.331 e. The molecule has 0 fully saturated rings. The Hall–Kier alpha value is -4.17. The van der Waals surface area contributed by atoms with Gasteiger partial charge in [0.15, 0.2) is 35.2 Å². The first-order chi connectivity index (χ1) is 16.4. The van der Waals surface area contributed by atoms with E-state index in [1.165, 1.54) is 50.6 Å². The predicted octanol–water partition coefficient (Wildman–Crippen LogP) is 3.85. The second-order valence-electron chi connectivity index (χ2n) is 7.20. The first-order valence-corrected chi connectivity index (χ1v) is 10.4. The number of para-hydroxylation sites is 2. The van der Waals surface area contributed by atoms with Crippen LogP contribution >= 0.6 is 0 Å². The highest BCUT2D eigenvalue weighted by atomic mass is 16.6. The van der Waals surface area contributed by atoms with Gasteiger partial charge in [-0.1, -0.05) is 30.3 Å². The van der Waals surface area contributed by atoms with Gasteiger partial charge in [0.25, 0.3) is 0 Å². The van der Waals surface area contributed by atoms with E-state index in [0.717, 1.165) is 0 Å². The summed E-state index contributed by atoms with van der Waals surface area (Å²) in [6.45, 7) is -0.485. The van der Waals surface area contributed by atoms with Gasteiger partial charge in [-0.2, -0.15) is 0 Å². The maximum atomic E-state index is 12.7. The van der Waals surface area contributed by atoms with Crippen molar-refractivity contribution in [3.8, 4) is 28.7 Å². The number of aliphatic hydroxyl groups is 1. The summed E-state index contributed by atoms with van der Waals surface area (Å²) in [6, 6.07) is 17.6. The smallest absolute Gasteiger partial charge is 0.331 e. The zero-order valence-electron chi connectivity index (χ0n) is 18.8. The summed E-state index contributed by atoms with van der Waals surface area (Å²) in [5.74, 6) is 0.312. The Morgan fingerprint density at radius 3 is 2.24 bits per heavy atom. The molecule has 0 amide bonds. The monoisotopic (exact) mass is 466 g/mol. The molecule has 0 aliphatic heterocycles. The molecular formula is C26H26O8. The molecule has 3 N–H and O–H groups in total. The van der Waals surface area contributed by atoms with Gasteiger partial charge in [-0.3, -0.25) is 0 Å². The third-order valence-electron chi connectivity index (χ3n) is 4.95. The number of phenols is 2. The molecule has 3 rings (SSSR count). The summed E-state index contributed by atoms with van der Waals surface area (Å²) in [4.78, 5) is 12.7. The summed E-state index contributed by atoms with van der Waals surface area (Å²) in [7, 11) is 2.89. The van der Waals surface area contributed by atoms with Crippen molar-refractivity contribution in [3.05, 3.63) is 83.9 Å². The number of phenolic OH excluding ortho intramolecular Hbond substituents is 2. The molecule has 178 valence electrons. The molecule has 0 saturated heterocycles. The molecule has 3 aromatic carbocycles. The fourth-order valence-electron chi connectivity index (χ4n) is 3.22. The quantitative estimate of drug-likeness (QED) is 0.305. The van der Waals surface area contributed by atoms with E-state index in [9.17, 15) is 20.1 Å². The molecule has 3 aromatic rings. The van der Waals surface area contributed by atoms with Crippen LogP contribution in [0.5, 0.6) is 28.7 Å². The largest absolute Gasteiger partial charge is 0.508 e. The van der Waals surface area contributed by atoms with E-state index in [2.05, 4.69) is 0 Å². The number of carbonyl (C=O) groups is 1. The van der Waals surface area contributed by atoms with Gasteiger partial charge in [-0.05, 0) is 48.0 Å². The van der Waals surface area contributed by atoms with Crippen LogP contribution in [0.3, 0.4) is 0 Å². The van der Waals surface area contributed by atoms with Crippen LogP contribution in [0, 0.1) is 0 Å². The number of aliphatic hydroxyl groups excluding tert-OH is 1. The lowest BCUT2D eigenvalue weighted by Crippen LogP contribution is -2.32. The first-order valence-electron chi connectivity index (χ1n) is 10.4. The van der Waals surface area contributed by atoms with E-state index in [1.54, 1.807) is 42.5 Å². The lowest BCUT2D eigenvalue weighted by atomic mass is 10.0. The zero-order valence-corrected chi connectivity index (χ0v) is 18.8. The molecule has 2 atom stereocenters. The second kappa shape index (κ2) is 11.6. The van der Waals surface area contributed by atoms with Crippen LogP contribution in [0.4, 0.5) is 0 Å². The number of methoxy groups -OCH3 is 2. The molecule has 0 unspecified atom stereocenters. The molecule has 0 aliphatic rings. The summed E-state index contributed by atoms with van der Waals surface area (Å²) in [5.41, 5.74) is 1.12.